The Hall–Kier alpha value is -4.77. The van der Waals surface area contributed by atoms with E-state index in [9.17, 15) is 9.59 Å². The molecule has 4 aromatic rings. The molecule has 0 saturated carbocycles. The molecule has 0 unspecified atom stereocenters. The highest BCUT2D eigenvalue weighted by molar-refractivity contribution is 5.90. The number of hydrogen-bond acceptors (Lipinski definition) is 7. The molecule has 0 aliphatic heterocycles. The van der Waals surface area contributed by atoms with E-state index < -0.39 is 12.1 Å². The topological polar surface area (TPSA) is 105 Å². The van der Waals surface area contributed by atoms with Gasteiger partial charge in [-0.1, -0.05) is 30.3 Å². The number of fused-ring (bicyclic) bond motifs is 1. The molecule has 0 radical (unpaired) electrons. The maximum Gasteiger partial charge on any atom is 0.419 e. The summed E-state index contributed by atoms with van der Waals surface area (Å²) in [5.41, 5.74) is 2.98. The highest BCUT2D eigenvalue weighted by atomic mass is 16.6. The van der Waals surface area contributed by atoms with Gasteiger partial charge in [-0.05, 0) is 48.4 Å². The number of methoxy groups -OCH3 is 1. The highest BCUT2D eigenvalue weighted by Gasteiger charge is 2.20. The molecular weight excluding hydrogens is 456 g/mol. The van der Waals surface area contributed by atoms with Gasteiger partial charge in [0.05, 0.1) is 30.7 Å². The second-order valence-corrected chi connectivity index (χ2v) is 8.00. The van der Waals surface area contributed by atoms with Gasteiger partial charge in [-0.15, -0.1) is 0 Å². The molecule has 8 heteroatoms. The van der Waals surface area contributed by atoms with Crippen LogP contribution in [0, 0.1) is 11.3 Å². The number of rotatable bonds is 8. The summed E-state index contributed by atoms with van der Waals surface area (Å²) >= 11 is 0. The number of carbonyl (C=O) groups excluding carboxylic acids is 2. The van der Waals surface area contributed by atoms with Crippen LogP contribution in [0.3, 0.4) is 0 Å². The molecule has 0 spiro atoms. The summed E-state index contributed by atoms with van der Waals surface area (Å²) in [4.78, 5) is 35.1. The van der Waals surface area contributed by atoms with Gasteiger partial charge < -0.3 is 9.47 Å². The molecule has 0 fully saturated rings. The molecule has 0 aliphatic rings. The zero-order valence-corrected chi connectivity index (χ0v) is 19.8. The normalized spacial score (nSPS) is 10.4. The van der Waals surface area contributed by atoms with Crippen molar-refractivity contribution < 1.29 is 19.1 Å². The number of aromatic nitrogens is 2. The number of nitriles is 1. The lowest BCUT2D eigenvalue weighted by Gasteiger charge is -2.21. The van der Waals surface area contributed by atoms with Crippen LogP contribution in [0.15, 0.2) is 79.0 Å². The van der Waals surface area contributed by atoms with Gasteiger partial charge >= 0.3 is 12.1 Å². The quantitative estimate of drug-likeness (QED) is 0.332. The minimum atomic E-state index is -0.612. The van der Waals surface area contributed by atoms with Gasteiger partial charge in [0, 0.05) is 36.3 Å². The maximum absolute atomic E-state index is 13.0. The van der Waals surface area contributed by atoms with Gasteiger partial charge in [-0.25, -0.2) is 14.8 Å². The summed E-state index contributed by atoms with van der Waals surface area (Å²) in [7, 11) is 1.31. The van der Waals surface area contributed by atoms with Gasteiger partial charge in [-0.3, -0.25) is 9.69 Å². The van der Waals surface area contributed by atoms with Crippen LogP contribution in [0.1, 0.15) is 23.4 Å². The van der Waals surface area contributed by atoms with Crippen LogP contribution in [-0.4, -0.2) is 35.7 Å². The number of ether oxygens (including phenoxy) is 2. The summed E-state index contributed by atoms with van der Waals surface area (Å²) in [6.07, 6.45) is 2.53. The zero-order chi connectivity index (χ0) is 25.3. The molecule has 3 aromatic carbocycles. The van der Waals surface area contributed by atoms with Crippen molar-refractivity contribution >= 4 is 28.7 Å². The Morgan fingerprint density at radius 3 is 2.50 bits per heavy atom. The maximum atomic E-state index is 13.0. The first-order valence-corrected chi connectivity index (χ1v) is 11.4. The number of anilines is 1. The van der Waals surface area contributed by atoms with E-state index in [4.69, 9.17) is 14.7 Å². The van der Waals surface area contributed by atoms with E-state index in [0.717, 1.165) is 17.4 Å². The van der Waals surface area contributed by atoms with E-state index in [2.05, 4.69) is 16.0 Å². The number of benzene rings is 3. The van der Waals surface area contributed by atoms with Crippen LogP contribution in [0.2, 0.25) is 0 Å². The van der Waals surface area contributed by atoms with Crippen molar-refractivity contribution in [3.05, 3.63) is 95.9 Å². The number of amides is 1. The number of esters is 1. The SMILES string of the molecule is COC(=O)CCN(C(=O)Oc1ccc2cnc(CCc3ccc(C#N)cc3)nc2c1)c1ccccc1. The van der Waals surface area contributed by atoms with E-state index in [1.807, 2.05) is 18.2 Å². The molecule has 0 aliphatic carbocycles. The predicted molar refractivity (Wildman–Crippen MR) is 135 cm³/mol. The van der Waals surface area contributed by atoms with Crippen molar-refractivity contribution in [1.82, 2.24) is 9.97 Å². The summed E-state index contributed by atoms with van der Waals surface area (Å²) in [6, 6.07) is 23.7. The third-order valence-electron chi connectivity index (χ3n) is 5.59. The Balaban J connectivity index is 1.48. The summed E-state index contributed by atoms with van der Waals surface area (Å²) in [6.45, 7) is 0.116. The van der Waals surface area contributed by atoms with Crippen molar-refractivity contribution in [1.29, 1.82) is 5.26 Å². The molecular formula is C28H24N4O4. The largest absolute Gasteiger partial charge is 0.469 e. The van der Waals surface area contributed by atoms with Crippen LogP contribution < -0.4 is 9.64 Å². The average molecular weight is 481 g/mol. The summed E-state index contributed by atoms with van der Waals surface area (Å²) < 4.78 is 10.4. The predicted octanol–water partition coefficient (Wildman–Crippen LogP) is 4.86. The van der Waals surface area contributed by atoms with Gasteiger partial charge in [0.1, 0.15) is 11.6 Å². The molecule has 1 amide bonds. The molecule has 0 bridgehead atoms. The van der Waals surface area contributed by atoms with Crippen molar-refractivity contribution in [3.63, 3.8) is 0 Å². The van der Waals surface area contributed by atoms with Crippen LogP contribution >= 0.6 is 0 Å². The number of carbonyl (C=O) groups is 2. The third kappa shape index (κ3) is 6.21. The van der Waals surface area contributed by atoms with Gasteiger partial charge in [-0.2, -0.15) is 5.26 Å². The Morgan fingerprint density at radius 1 is 1.00 bits per heavy atom. The van der Waals surface area contributed by atoms with Crippen LogP contribution in [0.4, 0.5) is 10.5 Å². The number of aryl methyl sites for hydroxylation is 2. The number of nitrogens with zero attached hydrogens (tertiary/aromatic N) is 4. The van der Waals surface area contributed by atoms with Crippen molar-refractivity contribution in [3.8, 4) is 11.8 Å². The minimum absolute atomic E-state index is 0.0358. The second kappa shape index (κ2) is 11.6. The summed E-state index contributed by atoms with van der Waals surface area (Å²) in [5, 5.41) is 9.76. The fraction of sp³-hybridized carbons (Fsp3) is 0.179. The highest BCUT2D eigenvalue weighted by Crippen LogP contribution is 2.22. The van der Waals surface area contributed by atoms with E-state index in [1.54, 1.807) is 60.8 Å². The standard InChI is InChI=1S/C28H24N4O4/c1-35-27(33)15-16-32(23-5-3-2-4-6-23)28(34)36-24-13-12-22-19-30-26(31-25(22)17-24)14-11-20-7-9-21(18-29)10-8-20/h2-10,12-13,17,19H,11,14-16H2,1H3. The molecule has 4 rings (SSSR count). The van der Waals surface area contributed by atoms with Gasteiger partial charge in [0.2, 0.25) is 0 Å². The molecule has 1 heterocycles. The summed E-state index contributed by atoms with van der Waals surface area (Å²) in [5.74, 6) is 0.585. The lowest BCUT2D eigenvalue weighted by molar-refractivity contribution is -0.140. The molecule has 180 valence electrons. The first-order chi connectivity index (χ1) is 17.6. The Morgan fingerprint density at radius 2 is 1.78 bits per heavy atom. The van der Waals surface area contributed by atoms with Crippen molar-refractivity contribution in [2.24, 2.45) is 0 Å². The zero-order valence-electron chi connectivity index (χ0n) is 19.8. The Bertz CT molecular complexity index is 1400. The fourth-order valence-electron chi connectivity index (χ4n) is 3.62. The van der Waals surface area contributed by atoms with E-state index >= 15 is 0 Å². The molecule has 0 atom stereocenters. The first-order valence-electron chi connectivity index (χ1n) is 11.4. The lowest BCUT2D eigenvalue weighted by atomic mass is 10.1. The molecule has 36 heavy (non-hydrogen) atoms. The van der Waals surface area contributed by atoms with Crippen molar-refractivity contribution in [2.45, 2.75) is 19.3 Å². The number of hydrogen-bond donors (Lipinski definition) is 0. The lowest BCUT2D eigenvalue weighted by Crippen LogP contribution is -2.35. The third-order valence-corrected chi connectivity index (χ3v) is 5.59. The van der Waals surface area contributed by atoms with Gasteiger partial charge in [0.25, 0.3) is 0 Å². The van der Waals surface area contributed by atoms with Crippen LogP contribution in [0.25, 0.3) is 10.9 Å². The van der Waals surface area contributed by atoms with Crippen molar-refractivity contribution in [2.75, 3.05) is 18.6 Å². The molecule has 1 aromatic heterocycles. The van der Waals surface area contributed by atoms with Crippen LogP contribution in [0.5, 0.6) is 5.75 Å². The molecule has 0 saturated heterocycles. The average Bonchev–Trinajstić information content (AvgIpc) is 2.92. The Kier molecular flexibility index (Phi) is 7.83. The smallest absolute Gasteiger partial charge is 0.419 e. The minimum Gasteiger partial charge on any atom is -0.469 e. The fourth-order valence-corrected chi connectivity index (χ4v) is 3.62. The molecule has 0 N–H and O–H groups in total. The van der Waals surface area contributed by atoms with Crippen LogP contribution in [-0.2, 0) is 22.4 Å². The monoisotopic (exact) mass is 480 g/mol. The Labute approximate surface area is 208 Å². The van der Waals surface area contributed by atoms with E-state index in [-0.39, 0.29) is 13.0 Å². The number of para-hydroxylation sites is 1. The molecule has 8 nitrogen and oxygen atoms in total. The van der Waals surface area contributed by atoms with E-state index in [1.165, 1.54) is 12.0 Å². The van der Waals surface area contributed by atoms with E-state index in [0.29, 0.717) is 34.8 Å². The first kappa shape index (κ1) is 24.4. The van der Waals surface area contributed by atoms with Gasteiger partial charge in [0.15, 0.2) is 0 Å². The second-order valence-electron chi connectivity index (χ2n) is 8.00.